The summed E-state index contributed by atoms with van der Waals surface area (Å²) in [5, 5.41) is 10.7. The second-order valence-corrected chi connectivity index (χ2v) is 5.21. The molecule has 0 aliphatic heterocycles. The molecule has 6 heteroatoms. The van der Waals surface area contributed by atoms with Crippen LogP contribution in [0.3, 0.4) is 0 Å². The number of ether oxygens (including phenoxy) is 1. The molecule has 0 spiro atoms. The van der Waals surface area contributed by atoms with Gasteiger partial charge in [-0.05, 0) is 31.5 Å². The van der Waals surface area contributed by atoms with E-state index >= 15 is 0 Å². The van der Waals surface area contributed by atoms with Gasteiger partial charge in [-0.15, -0.1) is 0 Å². The molecular formula is C17H25N5O. The first-order valence-corrected chi connectivity index (χ1v) is 7.86. The van der Waals surface area contributed by atoms with E-state index in [-0.39, 0.29) is 0 Å². The highest BCUT2D eigenvalue weighted by Gasteiger charge is 2.03. The predicted molar refractivity (Wildman–Crippen MR) is 92.8 cm³/mol. The van der Waals surface area contributed by atoms with Crippen LogP contribution < -0.4 is 15.4 Å². The van der Waals surface area contributed by atoms with Gasteiger partial charge in [0.2, 0.25) is 0 Å². The van der Waals surface area contributed by atoms with Crippen LogP contribution in [0.2, 0.25) is 0 Å². The number of hydrogen-bond donors (Lipinski definition) is 2. The van der Waals surface area contributed by atoms with Crippen LogP contribution in [0.5, 0.6) is 5.75 Å². The van der Waals surface area contributed by atoms with Crippen molar-refractivity contribution in [2.24, 2.45) is 4.99 Å². The lowest BCUT2D eigenvalue weighted by Crippen LogP contribution is -2.38. The molecule has 0 saturated carbocycles. The van der Waals surface area contributed by atoms with Gasteiger partial charge in [0.05, 0.1) is 20.2 Å². The van der Waals surface area contributed by atoms with Crippen LogP contribution >= 0.6 is 0 Å². The summed E-state index contributed by atoms with van der Waals surface area (Å²) in [6.07, 6.45) is 3.73. The molecule has 1 aromatic heterocycles. The molecule has 1 aromatic carbocycles. The lowest BCUT2D eigenvalue weighted by atomic mass is 10.1. The maximum absolute atomic E-state index is 5.43. The SMILES string of the molecule is CCNC(=NCc1ccc(C)cc1OC)NCCn1cccn1. The van der Waals surface area contributed by atoms with Crippen LogP contribution in [-0.2, 0) is 13.1 Å². The summed E-state index contributed by atoms with van der Waals surface area (Å²) < 4.78 is 7.32. The average Bonchev–Trinajstić information content (AvgIpc) is 3.06. The molecule has 2 aromatic rings. The van der Waals surface area contributed by atoms with Crippen molar-refractivity contribution in [2.75, 3.05) is 20.2 Å². The number of aryl methyl sites for hydroxylation is 1. The minimum Gasteiger partial charge on any atom is -0.496 e. The van der Waals surface area contributed by atoms with Gasteiger partial charge in [0.1, 0.15) is 5.75 Å². The Morgan fingerprint density at radius 2 is 2.22 bits per heavy atom. The van der Waals surface area contributed by atoms with Crippen LogP contribution in [0.25, 0.3) is 0 Å². The lowest BCUT2D eigenvalue weighted by molar-refractivity contribution is 0.409. The zero-order valence-electron chi connectivity index (χ0n) is 14.0. The van der Waals surface area contributed by atoms with E-state index in [1.807, 2.05) is 23.0 Å². The number of nitrogens with zero attached hydrogens (tertiary/aromatic N) is 3. The van der Waals surface area contributed by atoms with Crippen molar-refractivity contribution in [3.63, 3.8) is 0 Å². The second kappa shape index (κ2) is 8.82. The topological polar surface area (TPSA) is 63.5 Å². The maximum Gasteiger partial charge on any atom is 0.191 e. The first-order chi connectivity index (χ1) is 11.2. The van der Waals surface area contributed by atoms with Gasteiger partial charge in [-0.1, -0.05) is 12.1 Å². The summed E-state index contributed by atoms with van der Waals surface area (Å²) >= 11 is 0. The molecule has 0 aliphatic rings. The smallest absolute Gasteiger partial charge is 0.191 e. The number of hydrogen-bond acceptors (Lipinski definition) is 3. The zero-order valence-corrected chi connectivity index (χ0v) is 14.0. The van der Waals surface area contributed by atoms with E-state index in [1.54, 1.807) is 13.3 Å². The van der Waals surface area contributed by atoms with E-state index in [2.05, 4.69) is 46.7 Å². The zero-order chi connectivity index (χ0) is 16.5. The van der Waals surface area contributed by atoms with E-state index in [9.17, 15) is 0 Å². The number of guanidine groups is 1. The quantitative estimate of drug-likeness (QED) is 0.605. The highest BCUT2D eigenvalue weighted by atomic mass is 16.5. The van der Waals surface area contributed by atoms with Crippen molar-refractivity contribution in [3.05, 3.63) is 47.8 Å². The van der Waals surface area contributed by atoms with Gasteiger partial charge in [-0.2, -0.15) is 5.10 Å². The Hall–Kier alpha value is -2.50. The number of methoxy groups -OCH3 is 1. The molecule has 6 nitrogen and oxygen atoms in total. The normalized spacial score (nSPS) is 11.3. The van der Waals surface area contributed by atoms with E-state index in [0.717, 1.165) is 36.9 Å². The van der Waals surface area contributed by atoms with E-state index in [1.165, 1.54) is 5.56 Å². The summed E-state index contributed by atoms with van der Waals surface area (Å²) in [6, 6.07) is 8.09. The van der Waals surface area contributed by atoms with Crippen molar-refractivity contribution in [1.82, 2.24) is 20.4 Å². The highest BCUT2D eigenvalue weighted by molar-refractivity contribution is 5.79. The first kappa shape index (κ1) is 16.9. The largest absolute Gasteiger partial charge is 0.496 e. The molecule has 0 atom stereocenters. The lowest BCUT2D eigenvalue weighted by Gasteiger charge is -2.12. The minimum atomic E-state index is 0.570. The minimum absolute atomic E-state index is 0.570. The van der Waals surface area contributed by atoms with Crippen LogP contribution in [0.4, 0.5) is 0 Å². The van der Waals surface area contributed by atoms with Gasteiger partial charge in [0.25, 0.3) is 0 Å². The molecule has 0 aliphatic carbocycles. The van der Waals surface area contributed by atoms with Gasteiger partial charge in [0, 0.05) is 31.0 Å². The number of aliphatic imine (C=N–C) groups is 1. The first-order valence-electron chi connectivity index (χ1n) is 7.86. The Bertz CT molecular complexity index is 622. The van der Waals surface area contributed by atoms with Crippen molar-refractivity contribution < 1.29 is 4.74 Å². The molecule has 0 radical (unpaired) electrons. The number of benzene rings is 1. The molecule has 0 unspecified atom stereocenters. The molecule has 0 fully saturated rings. The van der Waals surface area contributed by atoms with Gasteiger partial charge in [-0.25, -0.2) is 4.99 Å². The van der Waals surface area contributed by atoms with Crippen molar-refractivity contribution in [1.29, 1.82) is 0 Å². The Balaban J connectivity index is 1.95. The standard InChI is InChI=1S/C17H25N5O/c1-4-18-17(19-9-11-22-10-5-8-21-22)20-13-15-7-6-14(2)12-16(15)23-3/h5-8,10,12H,4,9,11,13H2,1-3H3,(H2,18,19,20). The third-order valence-electron chi connectivity index (χ3n) is 3.39. The van der Waals surface area contributed by atoms with Crippen molar-refractivity contribution in [2.45, 2.75) is 26.9 Å². The highest BCUT2D eigenvalue weighted by Crippen LogP contribution is 2.20. The predicted octanol–water partition coefficient (Wildman–Crippen LogP) is 1.96. The van der Waals surface area contributed by atoms with E-state index < -0.39 is 0 Å². The molecule has 124 valence electrons. The van der Waals surface area contributed by atoms with E-state index in [0.29, 0.717) is 6.54 Å². The molecular weight excluding hydrogens is 290 g/mol. The van der Waals surface area contributed by atoms with Crippen molar-refractivity contribution in [3.8, 4) is 5.75 Å². The van der Waals surface area contributed by atoms with Gasteiger partial charge < -0.3 is 15.4 Å². The Labute approximate surface area is 137 Å². The van der Waals surface area contributed by atoms with Gasteiger partial charge in [-0.3, -0.25) is 4.68 Å². The number of aromatic nitrogens is 2. The average molecular weight is 315 g/mol. The summed E-state index contributed by atoms with van der Waals surface area (Å²) in [7, 11) is 1.69. The number of rotatable bonds is 7. The molecule has 1 heterocycles. The van der Waals surface area contributed by atoms with Crippen LogP contribution in [-0.4, -0.2) is 35.9 Å². The second-order valence-electron chi connectivity index (χ2n) is 5.21. The summed E-state index contributed by atoms with van der Waals surface area (Å²) in [5.41, 5.74) is 2.25. The van der Waals surface area contributed by atoms with Crippen LogP contribution in [0.1, 0.15) is 18.1 Å². The van der Waals surface area contributed by atoms with Crippen LogP contribution in [0.15, 0.2) is 41.7 Å². The Kier molecular flexibility index (Phi) is 6.47. The fourth-order valence-corrected chi connectivity index (χ4v) is 2.21. The van der Waals surface area contributed by atoms with Crippen LogP contribution in [0, 0.1) is 6.92 Å². The summed E-state index contributed by atoms with van der Waals surface area (Å²) in [5.74, 6) is 1.67. The molecule has 2 rings (SSSR count). The van der Waals surface area contributed by atoms with Gasteiger partial charge in [0.15, 0.2) is 5.96 Å². The Morgan fingerprint density at radius 3 is 2.91 bits per heavy atom. The van der Waals surface area contributed by atoms with E-state index in [4.69, 9.17) is 4.74 Å². The molecule has 0 bridgehead atoms. The molecule has 2 N–H and O–H groups in total. The Morgan fingerprint density at radius 1 is 1.35 bits per heavy atom. The molecule has 23 heavy (non-hydrogen) atoms. The number of nitrogens with one attached hydrogen (secondary N) is 2. The van der Waals surface area contributed by atoms with Crippen molar-refractivity contribution >= 4 is 5.96 Å². The third kappa shape index (κ3) is 5.32. The molecule has 0 amide bonds. The summed E-state index contributed by atoms with van der Waals surface area (Å²) in [6.45, 7) is 7.05. The summed E-state index contributed by atoms with van der Waals surface area (Å²) in [4.78, 5) is 4.63. The fourth-order valence-electron chi connectivity index (χ4n) is 2.21. The van der Waals surface area contributed by atoms with Gasteiger partial charge >= 0.3 is 0 Å². The fraction of sp³-hybridized carbons (Fsp3) is 0.412. The third-order valence-corrected chi connectivity index (χ3v) is 3.39. The molecule has 0 saturated heterocycles. The maximum atomic E-state index is 5.43. The monoisotopic (exact) mass is 315 g/mol.